The first-order valence-corrected chi connectivity index (χ1v) is 6.52. The van der Waals surface area contributed by atoms with Gasteiger partial charge in [0, 0.05) is 37.6 Å². The summed E-state index contributed by atoms with van der Waals surface area (Å²) in [7, 11) is 0. The first-order valence-electron chi connectivity index (χ1n) is 6.52. The molecule has 1 aromatic rings. The normalized spacial score (nSPS) is 17.2. The molecule has 0 atom stereocenters. The van der Waals surface area contributed by atoms with E-state index in [4.69, 9.17) is 10.5 Å². The lowest BCUT2D eigenvalue weighted by molar-refractivity contribution is -0.387. The van der Waals surface area contributed by atoms with Crippen molar-refractivity contribution in [3.63, 3.8) is 0 Å². The Morgan fingerprint density at radius 3 is 2.67 bits per heavy atom. The van der Waals surface area contributed by atoms with E-state index in [0.29, 0.717) is 26.1 Å². The molecule has 1 aliphatic rings. The van der Waals surface area contributed by atoms with Crippen molar-refractivity contribution in [1.82, 2.24) is 0 Å². The molecule has 0 saturated carbocycles. The van der Waals surface area contributed by atoms with Crippen molar-refractivity contribution in [3.8, 4) is 0 Å². The zero-order valence-electron chi connectivity index (χ0n) is 11.3. The van der Waals surface area contributed by atoms with Crippen molar-refractivity contribution < 1.29 is 18.8 Å². The Labute approximate surface area is 120 Å². The minimum atomic E-state index is -0.994. The van der Waals surface area contributed by atoms with Crippen LogP contribution in [0.3, 0.4) is 0 Å². The molecule has 0 unspecified atom stereocenters. The van der Waals surface area contributed by atoms with Crippen molar-refractivity contribution in [2.75, 3.05) is 25.1 Å². The monoisotopic (exact) mass is 297 g/mol. The number of carbonyl (C=O) groups excluding carboxylic acids is 1. The van der Waals surface area contributed by atoms with Crippen molar-refractivity contribution in [3.05, 3.63) is 34.1 Å². The minimum absolute atomic E-state index is 0.164. The second-order valence-corrected chi connectivity index (χ2v) is 4.97. The fraction of sp³-hybridized carbons (Fsp3) is 0.462. The largest absolute Gasteiger partial charge is 0.381 e. The van der Waals surface area contributed by atoms with Gasteiger partial charge in [-0.3, -0.25) is 14.9 Å². The molecule has 8 heteroatoms. The average Bonchev–Trinajstić information content (AvgIpc) is 2.47. The molecular formula is C13H16FN3O4. The SMILES string of the molecule is NCC1(C(=O)Nc2ccc([N+](=O)[O-])c(F)c2)CCOCC1. The Morgan fingerprint density at radius 2 is 2.14 bits per heavy atom. The maximum atomic E-state index is 13.5. The Bertz CT molecular complexity index is 558. The van der Waals surface area contributed by atoms with Crippen LogP contribution in [0.5, 0.6) is 0 Å². The quantitative estimate of drug-likeness (QED) is 0.645. The summed E-state index contributed by atoms with van der Waals surface area (Å²) >= 11 is 0. The number of anilines is 1. The molecule has 1 aliphatic heterocycles. The highest BCUT2D eigenvalue weighted by Gasteiger charge is 2.38. The van der Waals surface area contributed by atoms with Gasteiger partial charge in [-0.15, -0.1) is 0 Å². The van der Waals surface area contributed by atoms with Gasteiger partial charge in [-0.05, 0) is 18.9 Å². The molecule has 3 N–H and O–H groups in total. The number of hydrogen-bond acceptors (Lipinski definition) is 5. The highest BCUT2D eigenvalue weighted by molar-refractivity contribution is 5.95. The van der Waals surface area contributed by atoms with Gasteiger partial charge in [-0.25, -0.2) is 0 Å². The number of amides is 1. The van der Waals surface area contributed by atoms with Gasteiger partial charge in [0.2, 0.25) is 11.7 Å². The maximum Gasteiger partial charge on any atom is 0.304 e. The van der Waals surface area contributed by atoms with Crippen LogP contribution in [0.4, 0.5) is 15.8 Å². The molecule has 0 aromatic heterocycles. The van der Waals surface area contributed by atoms with Crippen LogP contribution >= 0.6 is 0 Å². The third kappa shape index (κ3) is 3.17. The smallest absolute Gasteiger partial charge is 0.304 e. The number of nitro groups is 1. The summed E-state index contributed by atoms with van der Waals surface area (Å²) in [5, 5.41) is 13.1. The van der Waals surface area contributed by atoms with Gasteiger partial charge in [-0.1, -0.05) is 0 Å². The number of benzene rings is 1. The standard InChI is InChI=1S/C13H16FN3O4/c14-10-7-9(1-2-11(10)17(19)20)16-12(18)13(8-15)3-5-21-6-4-13/h1-2,7H,3-6,8,15H2,(H,16,18). The first-order chi connectivity index (χ1) is 9.98. The number of nitrogens with one attached hydrogen (secondary N) is 1. The van der Waals surface area contributed by atoms with Crippen LogP contribution in [0, 0.1) is 21.3 Å². The van der Waals surface area contributed by atoms with Gasteiger partial charge in [0.05, 0.1) is 10.3 Å². The van der Waals surface area contributed by atoms with E-state index in [0.717, 1.165) is 12.1 Å². The number of hydrogen-bond donors (Lipinski definition) is 2. The minimum Gasteiger partial charge on any atom is -0.381 e. The molecule has 1 saturated heterocycles. The highest BCUT2D eigenvalue weighted by atomic mass is 19.1. The van der Waals surface area contributed by atoms with Crippen molar-refractivity contribution in [2.24, 2.45) is 11.1 Å². The summed E-state index contributed by atoms with van der Waals surface area (Å²) in [5.74, 6) is -1.31. The molecule has 114 valence electrons. The summed E-state index contributed by atoms with van der Waals surface area (Å²) in [6.45, 7) is 1.05. The van der Waals surface area contributed by atoms with Crippen LogP contribution in [0.2, 0.25) is 0 Å². The number of carbonyl (C=O) groups is 1. The zero-order valence-corrected chi connectivity index (χ0v) is 11.3. The second-order valence-electron chi connectivity index (χ2n) is 4.97. The molecule has 0 radical (unpaired) electrons. The molecule has 7 nitrogen and oxygen atoms in total. The van der Waals surface area contributed by atoms with Gasteiger partial charge >= 0.3 is 5.69 Å². The van der Waals surface area contributed by atoms with E-state index in [1.807, 2.05) is 0 Å². The van der Waals surface area contributed by atoms with Crippen LogP contribution in [0.25, 0.3) is 0 Å². The van der Waals surface area contributed by atoms with E-state index >= 15 is 0 Å². The number of rotatable bonds is 4. The lowest BCUT2D eigenvalue weighted by atomic mass is 9.79. The molecule has 0 bridgehead atoms. The lowest BCUT2D eigenvalue weighted by Crippen LogP contribution is -2.46. The van der Waals surface area contributed by atoms with Crippen LogP contribution in [0.15, 0.2) is 18.2 Å². The third-order valence-electron chi connectivity index (χ3n) is 3.72. The van der Waals surface area contributed by atoms with Crippen LogP contribution in [-0.2, 0) is 9.53 Å². The van der Waals surface area contributed by atoms with E-state index in [2.05, 4.69) is 5.32 Å². The summed E-state index contributed by atoms with van der Waals surface area (Å²) < 4.78 is 18.8. The van der Waals surface area contributed by atoms with Crippen LogP contribution in [-0.4, -0.2) is 30.6 Å². The number of nitrogens with two attached hydrogens (primary N) is 1. The predicted octanol–water partition coefficient (Wildman–Crippen LogP) is 1.43. The average molecular weight is 297 g/mol. The lowest BCUT2D eigenvalue weighted by Gasteiger charge is -2.34. The summed E-state index contributed by atoms with van der Waals surface area (Å²) in [5.41, 5.74) is 4.50. The fourth-order valence-corrected chi connectivity index (χ4v) is 2.28. The molecule has 0 spiro atoms. The van der Waals surface area contributed by atoms with E-state index in [1.54, 1.807) is 0 Å². The number of nitrogens with zero attached hydrogens (tertiary/aromatic N) is 1. The molecule has 2 rings (SSSR count). The van der Waals surface area contributed by atoms with Gasteiger partial charge in [0.15, 0.2) is 0 Å². The van der Waals surface area contributed by atoms with Crippen molar-refractivity contribution >= 4 is 17.3 Å². The fourth-order valence-electron chi connectivity index (χ4n) is 2.28. The summed E-state index contributed by atoms with van der Waals surface area (Å²) in [6.07, 6.45) is 0.982. The second kappa shape index (κ2) is 6.15. The Kier molecular flexibility index (Phi) is 4.49. The van der Waals surface area contributed by atoms with Gasteiger partial charge in [-0.2, -0.15) is 4.39 Å². The molecule has 1 aromatic carbocycles. The molecule has 21 heavy (non-hydrogen) atoms. The Hall–Kier alpha value is -2.06. The number of halogens is 1. The molecule has 1 amide bonds. The van der Waals surface area contributed by atoms with E-state index < -0.39 is 21.8 Å². The third-order valence-corrected chi connectivity index (χ3v) is 3.72. The van der Waals surface area contributed by atoms with E-state index in [9.17, 15) is 19.3 Å². The van der Waals surface area contributed by atoms with Crippen LogP contribution < -0.4 is 11.1 Å². The van der Waals surface area contributed by atoms with E-state index in [1.165, 1.54) is 6.07 Å². The summed E-state index contributed by atoms with van der Waals surface area (Å²) in [4.78, 5) is 22.1. The molecule has 1 fully saturated rings. The molecular weight excluding hydrogens is 281 g/mol. The van der Waals surface area contributed by atoms with Crippen molar-refractivity contribution in [1.29, 1.82) is 0 Å². The van der Waals surface area contributed by atoms with Gasteiger partial charge < -0.3 is 15.8 Å². The number of ether oxygens (including phenoxy) is 1. The van der Waals surface area contributed by atoms with Gasteiger partial charge in [0.25, 0.3) is 0 Å². The maximum absolute atomic E-state index is 13.5. The highest BCUT2D eigenvalue weighted by Crippen LogP contribution is 2.31. The topological polar surface area (TPSA) is 107 Å². The Balaban J connectivity index is 2.15. The Morgan fingerprint density at radius 1 is 1.48 bits per heavy atom. The molecule has 1 heterocycles. The predicted molar refractivity (Wildman–Crippen MR) is 73.2 cm³/mol. The van der Waals surface area contributed by atoms with Crippen LogP contribution in [0.1, 0.15) is 12.8 Å². The summed E-state index contributed by atoms with van der Waals surface area (Å²) in [6, 6.07) is 3.24. The zero-order chi connectivity index (χ0) is 15.5. The van der Waals surface area contributed by atoms with E-state index in [-0.39, 0.29) is 18.1 Å². The van der Waals surface area contributed by atoms with Gasteiger partial charge in [0.1, 0.15) is 0 Å². The first kappa shape index (κ1) is 15.3. The molecule has 0 aliphatic carbocycles. The number of nitro benzene ring substituents is 1. The van der Waals surface area contributed by atoms with Crippen molar-refractivity contribution in [2.45, 2.75) is 12.8 Å².